The molecule has 1 fully saturated rings. The van der Waals surface area contributed by atoms with Gasteiger partial charge in [0.25, 0.3) is 0 Å². The molecule has 3 aliphatic rings. The molecule has 4 aromatic rings. The maximum atomic E-state index is 13.8. The highest BCUT2D eigenvalue weighted by Gasteiger charge is 2.40. The fraction of sp³-hybridized carbons (Fsp3) is 0.455. The van der Waals surface area contributed by atoms with E-state index in [0.29, 0.717) is 24.7 Å². The summed E-state index contributed by atoms with van der Waals surface area (Å²) in [5.41, 5.74) is 6.10. The number of nitrogens with zero attached hydrogens (tertiary/aromatic N) is 4. The van der Waals surface area contributed by atoms with Gasteiger partial charge in [-0.15, -0.1) is 0 Å². The molecule has 312 valence electrons. The number of alkyl carbamates (subject to hydrolysis) is 2. The minimum atomic E-state index is -0.752. The fourth-order valence-electron chi connectivity index (χ4n) is 8.41. The van der Waals surface area contributed by atoms with E-state index >= 15 is 0 Å². The van der Waals surface area contributed by atoms with Crippen molar-refractivity contribution >= 4 is 24.0 Å². The van der Waals surface area contributed by atoms with Crippen LogP contribution in [0.4, 0.5) is 9.59 Å². The Balaban J connectivity index is 1.09. The Labute approximate surface area is 344 Å². The Morgan fingerprint density at radius 3 is 2.00 bits per heavy atom. The summed E-state index contributed by atoms with van der Waals surface area (Å²) in [5.74, 6) is 2.17. The number of H-pyrrole nitrogens is 2. The number of aromatic nitrogens is 4. The summed E-state index contributed by atoms with van der Waals surface area (Å²) < 4.78 is 16.1. The highest BCUT2D eigenvalue weighted by molar-refractivity contribution is 5.87. The predicted molar refractivity (Wildman–Crippen MR) is 220 cm³/mol. The van der Waals surface area contributed by atoms with Crippen LogP contribution in [-0.2, 0) is 24.5 Å². The number of ether oxygens (including phenoxy) is 3. The molecule has 5 heterocycles. The number of nitrogens with one attached hydrogen (secondary N) is 4. The van der Waals surface area contributed by atoms with Gasteiger partial charge in [0.2, 0.25) is 11.8 Å². The number of aromatic amines is 2. The lowest BCUT2D eigenvalue weighted by Crippen LogP contribution is -2.51. The van der Waals surface area contributed by atoms with Crippen LogP contribution >= 0.6 is 0 Å². The highest BCUT2D eigenvalue weighted by atomic mass is 16.5. The van der Waals surface area contributed by atoms with Crippen molar-refractivity contribution in [1.82, 2.24) is 40.4 Å². The third kappa shape index (κ3) is 7.89. The second kappa shape index (κ2) is 16.3. The van der Waals surface area contributed by atoms with Crippen LogP contribution in [0.1, 0.15) is 96.2 Å². The molecule has 0 aliphatic carbocycles. The molecular weight excluding hydrogens is 753 g/mol. The summed E-state index contributed by atoms with van der Waals surface area (Å²) in [6, 6.07) is 10.1. The molecular formula is C44H54N8O7. The first-order chi connectivity index (χ1) is 28.1. The van der Waals surface area contributed by atoms with Crippen LogP contribution in [0.15, 0.2) is 60.4 Å². The molecule has 15 heteroatoms. The number of amides is 4. The van der Waals surface area contributed by atoms with Gasteiger partial charge in [0.05, 0.1) is 44.0 Å². The Morgan fingerprint density at radius 2 is 1.37 bits per heavy atom. The molecule has 59 heavy (non-hydrogen) atoms. The van der Waals surface area contributed by atoms with Crippen LogP contribution in [-0.4, -0.2) is 93.1 Å². The first kappa shape index (κ1) is 41.1. The number of carbonyl (C=O) groups is 4. The largest absolute Gasteiger partial charge is 0.457 e. The smallest absolute Gasteiger partial charge is 0.407 e. The summed E-state index contributed by atoms with van der Waals surface area (Å²) >= 11 is 0. The van der Waals surface area contributed by atoms with Gasteiger partial charge in [0, 0.05) is 40.8 Å². The molecule has 7 rings (SSSR count). The zero-order valence-electron chi connectivity index (χ0n) is 35.1. The van der Waals surface area contributed by atoms with E-state index in [1.165, 1.54) is 14.2 Å². The Hall–Kier alpha value is -6.12. The molecule has 0 spiro atoms. The molecule has 0 radical (unpaired) electrons. The Bertz CT molecular complexity index is 2290. The van der Waals surface area contributed by atoms with Gasteiger partial charge in [-0.05, 0) is 55.9 Å². The number of likely N-dealkylation sites (tertiary alicyclic amines) is 1. The van der Waals surface area contributed by atoms with E-state index in [4.69, 9.17) is 24.2 Å². The Kier molecular flexibility index (Phi) is 11.3. The number of methoxy groups -OCH3 is 2. The summed E-state index contributed by atoms with van der Waals surface area (Å²) in [6.45, 7) is 14.9. The summed E-state index contributed by atoms with van der Waals surface area (Å²) in [6.07, 6.45) is 5.89. The lowest BCUT2D eigenvalue weighted by molar-refractivity contribution is -0.136. The summed E-state index contributed by atoms with van der Waals surface area (Å²) in [7, 11) is 2.57. The number of carbonyl (C=O) groups excluding carboxylic acids is 4. The first-order valence-electron chi connectivity index (χ1n) is 20.2. The van der Waals surface area contributed by atoms with Crippen molar-refractivity contribution in [2.24, 2.45) is 11.8 Å². The number of hydrogen-bond donors (Lipinski definition) is 4. The molecule has 2 aromatic heterocycles. The van der Waals surface area contributed by atoms with E-state index in [1.54, 1.807) is 22.2 Å². The molecule has 4 atom stereocenters. The third-order valence-corrected chi connectivity index (χ3v) is 11.7. The van der Waals surface area contributed by atoms with E-state index in [2.05, 4.69) is 46.6 Å². The van der Waals surface area contributed by atoms with Gasteiger partial charge in [-0.1, -0.05) is 65.3 Å². The normalized spacial score (nSPS) is 19.1. The van der Waals surface area contributed by atoms with Crippen molar-refractivity contribution in [2.45, 2.75) is 90.9 Å². The van der Waals surface area contributed by atoms with E-state index < -0.39 is 35.7 Å². The van der Waals surface area contributed by atoms with E-state index in [-0.39, 0.29) is 29.7 Å². The molecule has 0 saturated carbocycles. The van der Waals surface area contributed by atoms with E-state index in [9.17, 15) is 19.2 Å². The zero-order chi connectivity index (χ0) is 42.3. The van der Waals surface area contributed by atoms with Gasteiger partial charge < -0.3 is 44.6 Å². The molecule has 3 aliphatic heterocycles. The molecule has 0 bridgehead atoms. The minimum Gasteiger partial charge on any atom is -0.457 e. The number of imidazole rings is 2. The summed E-state index contributed by atoms with van der Waals surface area (Å²) in [4.78, 5) is 71.5. The van der Waals surface area contributed by atoms with Gasteiger partial charge in [0.15, 0.2) is 0 Å². The van der Waals surface area contributed by atoms with Crippen LogP contribution in [0.3, 0.4) is 0 Å². The average Bonchev–Trinajstić information content (AvgIpc) is 4.05. The maximum Gasteiger partial charge on any atom is 0.407 e. The zero-order valence-corrected chi connectivity index (χ0v) is 35.1. The van der Waals surface area contributed by atoms with Crippen molar-refractivity contribution in [3.05, 3.63) is 83.2 Å². The van der Waals surface area contributed by atoms with Crippen molar-refractivity contribution in [3.63, 3.8) is 0 Å². The van der Waals surface area contributed by atoms with Gasteiger partial charge >= 0.3 is 12.2 Å². The second-order valence-corrected chi connectivity index (χ2v) is 16.8. The quantitative estimate of drug-likeness (QED) is 0.121. The van der Waals surface area contributed by atoms with Crippen LogP contribution in [0.25, 0.3) is 22.5 Å². The summed E-state index contributed by atoms with van der Waals surface area (Å²) in [5, 5.41) is 5.40. The number of hydrogen-bond acceptors (Lipinski definition) is 9. The van der Waals surface area contributed by atoms with Gasteiger partial charge in [0.1, 0.15) is 41.3 Å². The lowest BCUT2D eigenvalue weighted by Gasteiger charge is -2.35. The van der Waals surface area contributed by atoms with Crippen LogP contribution in [0.2, 0.25) is 0 Å². The molecule has 0 unspecified atom stereocenters. The van der Waals surface area contributed by atoms with Crippen LogP contribution in [0.5, 0.6) is 11.5 Å². The third-order valence-electron chi connectivity index (χ3n) is 11.7. The highest BCUT2D eigenvalue weighted by Crippen LogP contribution is 2.50. The molecule has 2 aromatic carbocycles. The van der Waals surface area contributed by atoms with Crippen molar-refractivity contribution in [3.8, 4) is 34.0 Å². The SMILES string of the molecule is COC(=O)N[C@H](C(=O)N1CC(C)=C[C@H]1c1ncc(-c2ccc3c(c2)Oc2ccc(-c4cnc([C@@H]5CCCN5C(=O)[C@@H](NC(=O)OC)C(C)C)[nH]4)cc2C3(C)C)[nH]1)C(C)C. The van der Waals surface area contributed by atoms with Crippen molar-refractivity contribution in [1.29, 1.82) is 0 Å². The van der Waals surface area contributed by atoms with Gasteiger partial charge in [-0.25, -0.2) is 19.6 Å². The fourth-order valence-corrected chi connectivity index (χ4v) is 8.41. The average molecular weight is 807 g/mol. The van der Waals surface area contributed by atoms with Crippen LogP contribution in [0, 0.1) is 11.8 Å². The lowest BCUT2D eigenvalue weighted by atomic mass is 9.75. The van der Waals surface area contributed by atoms with Gasteiger partial charge in [-0.3, -0.25) is 9.59 Å². The number of rotatable bonds is 10. The van der Waals surface area contributed by atoms with Crippen molar-refractivity contribution < 1.29 is 33.4 Å². The predicted octanol–water partition coefficient (Wildman–Crippen LogP) is 7.15. The monoisotopic (exact) mass is 806 g/mol. The first-order valence-corrected chi connectivity index (χ1v) is 20.2. The van der Waals surface area contributed by atoms with Crippen LogP contribution < -0.4 is 15.4 Å². The van der Waals surface area contributed by atoms with E-state index in [1.807, 2.05) is 65.0 Å². The number of benzene rings is 2. The standard InChI is InChI=1S/C44H54N8O7/c1-23(2)36(49-42(55)57-8)40(53)51-16-10-11-32(51)38-45-20-30(47-38)26-13-15-34-29(18-26)44(6,7)28-14-12-27(19-35(28)59-34)31-21-46-39(48-31)33-17-25(5)22-52(33)41(54)37(24(3)4)50-43(56)58-9/h12-15,17-21,23-24,32-33,36-37H,10-11,16,22H2,1-9H3,(H,45,47)(H,46,48)(H,49,55)(H,50,56)/t32-,33-,36-,37-/m0/s1. The maximum absolute atomic E-state index is 13.8. The Morgan fingerprint density at radius 1 is 0.797 bits per heavy atom. The number of fused-ring (bicyclic) bond motifs is 2. The topological polar surface area (TPSA) is 184 Å². The van der Waals surface area contributed by atoms with Crippen molar-refractivity contribution in [2.75, 3.05) is 27.3 Å². The molecule has 1 saturated heterocycles. The molecule has 4 amide bonds. The minimum absolute atomic E-state index is 0.123. The molecule has 15 nitrogen and oxygen atoms in total. The molecule has 4 N–H and O–H groups in total. The van der Waals surface area contributed by atoms with E-state index in [0.717, 1.165) is 63.6 Å². The van der Waals surface area contributed by atoms with Gasteiger partial charge in [-0.2, -0.15) is 0 Å². The second-order valence-electron chi connectivity index (χ2n) is 16.8.